The monoisotopic (exact) mass is 290 g/mol. The molecule has 0 saturated heterocycles. The molecule has 20 heavy (non-hydrogen) atoms. The van der Waals surface area contributed by atoms with Crippen LogP contribution in [-0.2, 0) is 6.61 Å². The number of benzene rings is 2. The van der Waals surface area contributed by atoms with Gasteiger partial charge in [-0.05, 0) is 49.2 Å². The zero-order chi connectivity index (χ0) is 14.7. The van der Waals surface area contributed by atoms with Crippen molar-refractivity contribution < 1.29 is 14.6 Å². The number of hydrogen-bond donors (Lipinski definition) is 1. The maximum Gasteiger partial charge on any atom is 0.335 e. The van der Waals surface area contributed by atoms with Gasteiger partial charge in [0.2, 0.25) is 0 Å². The minimum atomic E-state index is -0.992. The average molecular weight is 291 g/mol. The molecule has 0 aliphatic rings. The Morgan fingerprint density at radius 2 is 1.90 bits per heavy atom. The fourth-order valence-electron chi connectivity index (χ4n) is 1.76. The van der Waals surface area contributed by atoms with Crippen molar-refractivity contribution in [1.29, 1.82) is 0 Å². The maximum absolute atomic E-state index is 10.8. The number of hydrogen-bond acceptors (Lipinski definition) is 2. The molecule has 0 spiro atoms. The molecule has 3 nitrogen and oxygen atoms in total. The summed E-state index contributed by atoms with van der Waals surface area (Å²) in [6.07, 6.45) is 0. The highest BCUT2D eigenvalue weighted by atomic mass is 35.5. The molecule has 0 saturated carbocycles. The van der Waals surface area contributed by atoms with Crippen molar-refractivity contribution in [1.82, 2.24) is 0 Å². The SMILES string of the molecule is Cc1ccc(OCc2ccc(C(=O)O)cc2Cl)cc1C. The summed E-state index contributed by atoms with van der Waals surface area (Å²) in [5.41, 5.74) is 3.30. The smallest absolute Gasteiger partial charge is 0.335 e. The van der Waals surface area contributed by atoms with Crippen LogP contribution in [-0.4, -0.2) is 11.1 Å². The van der Waals surface area contributed by atoms with Crippen LogP contribution in [0, 0.1) is 13.8 Å². The van der Waals surface area contributed by atoms with Crippen molar-refractivity contribution in [2.24, 2.45) is 0 Å². The van der Waals surface area contributed by atoms with Crippen molar-refractivity contribution in [3.63, 3.8) is 0 Å². The highest BCUT2D eigenvalue weighted by Crippen LogP contribution is 2.22. The predicted molar refractivity (Wildman–Crippen MR) is 78.7 cm³/mol. The van der Waals surface area contributed by atoms with E-state index in [1.54, 1.807) is 6.07 Å². The Bertz CT molecular complexity index is 650. The van der Waals surface area contributed by atoms with E-state index in [4.69, 9.17) is 21.4 Å². The van der Waals surface area contributed by atoms with Crippen LogP contribution in [0.25, 0.3) is 0 Å². The van der Waals surface area contributed by atoms with Gasteiger partial charge in [-0.1, -0.05) is 23.7 Å². The lowest BCUT2D eigenvalue weighted by molar-refractivity contribution is 0.0697. The van der Waals surface area contributed by atoms with Gasteiger partial charge in [0.1, 0.15) is 12.4 Å². The maximum atomic E-state index is 10.8. The van der Waals surface area contributed by atoms with E-state index in [-0.39, 0.29) is 5.56 Å². The quantitative estimate of drug-likeness (QED) is 0.916. The van der Waals surface area contributed by atoms with Gasteiger partial charge in [0.05, 0.1) is 5.56 Å². The van der Waals surface area contributed by atoms with Gasteiger partial charge >= 0.3 is 5.97 Å². The Hall–Kier alpha value is -2.00. The van der Waals surface area contributed by atoms with Gasteiger partial charge in [-0.2, -0.15) is 0 Å². The summed E-state index contributed by atoms with van der Waals surface area (Å²) in [6, 6.07) is 10.5. The summed E-state index contributed by atoms with van der Waals surface area (Å²) in [4.78, 5) is 10.8. The van der Waals surface area contributed by atoms with Gasteiger partial charge in [0.15, 0.2) is 0 Å². The molecule has 0 atom stereocenters. The molecule has 0 heterocycles. The van der Waals surface area contributed by atoms with Crippen LogP contribution < -0.4 is 4.74 Å². The second-order valence-corrected chi connectivity index (χ2v) is 5.05. The summed E-state index contributed by atoms with van der Waals surface area (Å²) < 4.78 is 5.68. The lowest BCUT2D eigenvalue weighted by Crippen LogP contribution is -2.00. The summed E-state index contributed by atoms with van der Waals surface area (Å²) in [5, 5.41) is 9.27. The van der Waals surface area contributed by atoms with Crippen LogP contribution in [0.4, 0.5) is 0 Å². The van der Waals surface area contributed by atoms with Crippen LogP contribution in [0.5, 0.6) is 5.75 Å². The Balaban J connectivity index is 2.10. The highest BCUT2D eigenvalue weighted by Gasteiger charge is 2.07. The summed E-state index contributed by atoms with van der Waals surface area (Å²) in [5.74, 6) is -0.222. The van der Waals surface area contributed by atoms with Gasteiger partial charge in [-0.15, -0.1) is 0 Å². The van der Waals surface area contributed by atoms with E-state index in [9.17, 15) is 4.79 Å². The lowest BCUT2D eigenvalue weighted by atomic mass is 10.1. The van der Waals surface area contributed by atoms with E-state index in [1.165, 1.54) is 17.7 Å². The van der Waals surface area contributed by atoms with Crippen LogP contribution in [0.1, 0.15) is 27.0 Å². The molecule has 0 amide bonds. The van der Waals surface area contributed by atoms with Crippen LogP contribution in [0.3, 0.4) is 0 Å². The molecule has 0 aliphatic carbocycles. The molecule has 104 valence electrons. The molecule has 0 radical (unpaired) electrons. The zero-order valence-corrected chi connectivity index (χ0v) is 12.1. The van der Waals surface area contributed by atoms with Crippen LogP contribution >= 0.6 is 11.6 Å². The molecule has 2 aromatic carbocycles. The molecule has 0 fully saturated rings. The summed E-state index contributed by atoms with van der Waals surface area (Å²) in [6.45, 7) is 4.37. The predicted octanol–water partition coefficient (Wildman–Crippen LogP) is 4.23. The lowest BCUT2D eigenvalue weighted by Gasteiger charge is -2.10. The number of carboxylic acid groups (broad SMARTS) is 1. The third-order valence-electron chi connectivity index (χ3n) is 3.17. The molecule has 0 unspecified atom stereocenters. The van der Waals surface area contributed by atoms with Gasteiger partial charge in [-0.3, -0.25) is 0 Å². The van der Waals surface area contributed by atoms with E-state index in [2.05, 4.69) is 0 Å². The fraction of sp³-hybridized carbons (Fsp3) is 0.188. The van der Waals surface area contributed by atoms with E-state index in [1.807, 2.05) is 32.0 Å². The fourth-order valence-corrected chi connectivity index (χ4v) is 2.00. The Morgan fingerprint density at radius 1 is 1.15 bits per heavy atom. The van der Waals surface area contributed by atoms with E-state index in [0.717, 1.165) is 16.9 Å². The number of rotatable bonds is 4. The van der Waals surface area contributed by atoms with Gasteiger partial charge < -0.3 is 9.84 Å². The average Bonchev–Trinajstić information content (AvgIpc) is 2.41. The van der Waals surface area contributed by atoms with E-state index < -0.39 is 5.97 Å². The number of carboxylic acids is 1. The third kappa shape index (κ3) is 3.31. The second-order valence-electron chi connectivity index (χ2n) is 4.65. The van der Waals surface area contributed by atoms with Crippen LogP contribution in [0.15, 0.2) is 36.4 Å². The van der Waals surface area contributed by atoms with Crippen molar-refractivity contribution in [3.05, 3.63) is 63.7 Å². The number of carbonyl (C=O) groups is 1. The molecule has 0 aromatic heterocycles. The number of aryl methyl sites for hydroxylation is 2. The largest absolute Gasteiger partial charge is 0.489 e. The Morgan fingerprint density at radius 3 is 2.50 bits per heavy atom. The minimum Gasteiger partial charge on any atom is -0.489 e. The molecule has 1 N–H and O–H groups in total. The molecule has 0 aliphatic heterocycles. The number of aromatic carboxylic acids is 1. The number of halogens is 1. The zero-order valence-electron chi connectivity index (χ0n) is 11.3. The molecular formula is C16H15ClO3. The molecule has 2 aromatic rings. The van der Waals surface area contributed by atoms with Gasteiger partial charge in [-0.25, -0.2) is 4.79 Å². The molecule has 0 bridgehead atoms. The Labute approximate surface area is 122 Å². The minimum absolute atomic E-state index is 0.171. The van der Waals surface area contributed by atoms with Crippen molar-refractivity contribution >= 4 is 17.6 Å². The third-order valence-corrected chi connectivity index (χ3v) is 3.52. The first kappa shape index (κ1) is 14.4. The van der Waals surface area contributed by atoms with Crippen molar-refractivity contribution in [2.45, 2.75) is 20.5 Å². The molecule has 4 heteroatoms. The molecule has 2 rings (SSSR count). The van der Waals surface area contributed by atoms with E-state index in [0.29, 0.717) is 11.6 Å². The van der Waals surface area contributed by atoms with Gasteiger partial charge in [0, 0.05) is 10.6 Å². The van der Waals surface area contributed by atoms with Crippen LogP contribution in [0.2, 0.25) is 5.02 Å². The normalized spacial score (nSPS) is 10.3. The number of ether oxygens (including phenoxy) is 1. The molecular weight excluding hydrogens is 276 g/mol. The van der Waals surface area contributed by atoms with Crippen molar-refractivity contribution in [3.8, 4) is 5.75 Å². The van der Waals surface area contributed by atoms with Gasteiger partial charge in [0.25, 0.3) is 0 Å². The summed E-state index contributed by atoms with van der Waals surface area (Å²) in [7, 11) is 0. The summed E-state index contributed by atoms with van der Waals surface area (Å²) >= 11 is 6.05. The van der Waals surface area contributed by atoms with E-state index >= 15 is 0 Å². The standard InChI is InChI=1S/C16H15ClO3/c1-10-3-6-14(7-11(10)2)20-9-13-5-4-12(16(18)19)8-15(13)17/h3-8H,9H2,1-2H3,(H,18,19). The first-order valence-corrected chi connectivity index (χ1v) is 6.57. The first-order valence-electron chi connectivity index (χ1n) is 6.19. The van der Waals surface area contributed by atoms with Crippen molar-refractivity contribution in [2.75, 3.05) is 0 Å². The Kier molecular flexibility index (Phi) is 4.30. The topological polar surface area (TPSA) is 46.5 Å². The second kappa shape index (κ2) is 5.97. The first-order chi connectivity index (χ1) is 9.47. The highest BCUT2D eigenvalue weighted by molar-refractivity contribution is 6.31.